The fourth-order valence-electron chi connectivity index (χ4n) is 2.65. The van der Waals surface area contributed by atoms with Crippen LogP contribution in [0.3, 0.4) is 0 Å². The van der Waals surface area contributed by atoms with E-state index in [1.54, 1.807) is 0 Å². The SMILES string of the molecule is C[C@H]1C[C@@H](C(=O)N(C)C2CCOC2)CCN1.Cl. The molecule has 2 aliphatic rings. The summed E-state index contributed by atoms with van der Waals surface area (Å²) in [6.45, 7) is 4.62. The van der Waals surface area contributed by atoms with Crippen molar-refractivity contribution >= 4 is 18.3 Å². The third-order valence-corrected chi connectivity index (χ3v) is 3.77. The van der Waals surface area contributed by atoms with E-state index in [9.17, 15) is 4.79 Å². The molecule has 2 fully saturated rings. The van der Waals surface area contributed by atoms with E-state index in [4.69, 9.17) is 4.74 Å². The van der Waals surface area contributed by atoms with Gasteiger partial charge in [0.25, 0.3) is 0 Å². The third kappa shape index (κ3) is 3.57. The van der Waals surface area contributed by atoms with Gasteiger partial charge in [0, 0.05) is 25.6 Å². The number of carbonyl (C=O) groups excluding carboxylic acids is 1. The van der Waals surface area contributed by atoms with Gasteiger partial charge in [0.05, 0.1) is 12.6 Å². The van der Waals surface area contributed by atoms with Gasteiger partial charge in [-0.25, -0.2) is 0 Å². The highest BCUT2D eigenvalue weighted by molar-refractivity contribution is 5.85. The van der Waals surface area contributed by atoms with Crippen molar-refractivity contribution in [3.63, 3.8) is 0 Å². The van der Waals surface area contributed by atoms with Crippen LogP contribution in [0.25, 0.3) is 0 Å². The molecule has 0 radical (unpaired) electrons. The van der Waals surface area contributed by atoms with Gasteiger partial charge in [-0.15, -0.1) is 12.4 Å². The van der Waals surface area contributed by atoms with Crippen molar-refractivity contribution in [2.75, 3.05) is 26.8 Å². The Morgan fingerprint density at radius 1 is 1.41 bits per heavy atom. The predicted octanol–water partition coefficient (Wildman–Crippen LogP) is 1.04. The number of likely N-dealkylation sites (N-methyl/N-ethyl adjacent to an activating group) is 1. The lowest BCUT2D eigenvalue weighted by Gasteiger charge is -2.32. The van der Waals surface area contributed by atoms with Crippen molar-refractivity contribution in [1.82, 2.24) is 10.2 Å². The van der Waals surface area contributed by atoms with E-state index in [1.807, 2.05) is 11.9 Å². The molecule has 0 spiro atoms. The van der Waals surface area contributed by atoms with Gasteiger partial charge in [0.1, 0.15) is 0 Å². The smallest absolute Gasteiger partial charge is 0.225 e. The summed E-state index contributed by atoms with van der Waals surface area (Å²) in [6, 6.07) is 0.772. The van der Waals surface area contributed by atoms with Crippen LogP contribution in [0.1, 0.15) is 26.2 Å². The van der Waals surface area contributed by atoms with Gasteiger partial charge in [-0.05, 0) is 32.7 Å². The molecule has 2 rings (SSSR count). The Morgan fingerprint density at radius 3 is 2.76 bits per heavy atom. The summed E-state index contributed by atoms with van der Waals surface area (Å²) in [5.41, 5.74) is 0. The first-order valence-electron chi connectivity index (χ1n) is 6.26. The van der Waals surface area contributed by atoms with Crippen LogP contribution < -0.4 is 5.32 Å². The minimum atomic E-state index is 0. The van der Waals surface area contributed by atoms with E-state index in [0.29, 0.717) is 24.6 Å². The molecule has 1 N–H and O–H groups in total. The zero-order valence-corrected chi connectivity index (χ0v) is 11.5. The minimum Gasteiger partial charge on any atom is -0.379 e. The highest BCUT2D eigenvalue weighted by Gasteiger charge is 2.31. The molecule has 4 nitrogen and oxygen atoms in total. The second-order valence-corrected chi connectivity index (χ2v) is 5.04. The lowest BCUT2D eigenvalue weighted by atomic mass is 9.91. The zero-order chi connectivity index (χ0) is 11.5. The molecule has 2 heterocycles. The number of ether oxygens (including phenoxy) is 1. The van der Waals surface area contributed by atoms with Gasteiger partial charge in [-0.1, -0.05) is 0 Å². The molecule has 2 saturated heterocycles. The molecule has 17 heavy (non-hydrogen) atoms. The van der Waals surface area contributed by atoms with Crippen molar-refractivity contribution in [2.45, 2.75) is 38.3 Å². The first-order valence-corrected chi connectivity index (χ1v) is 6.26. The monoisotopic (exact) mass is 262 g/mol. The normalized spacial score (nSPS) is 32.9. The van der Waals surface area contributed by atoms with Crippen LogP contribution in [-0.2, 0) is 9.53 Å². The van der Waals surface area contributed by atoms with E-state index >= 15 is 0 Å². The van der Waals surface area contributed by atoms with Gasteiger partial charge >= 0.3 is 0 Å². The van der Waals surface area contributed by atoms with Crippen molar-refractivity contribution < 1.29 is 9.53 Å². The molecule has 0 aromatic carbocycles. The van der Waals surface area contributed by atoms with Crippen molar-refractivity contribution in [3.05, 3.63) is 0 Å². The predicted molar refractivity (Wildman–Crippen MR) is 69.4 cm³/mol. The molecule has 1 amide bonds. The summed E-state index contributed by atoms with van der Waals surface area (Å²) >= 11 is 0. The number of nitrogens with zero attached hydrogens (tertiary/aromatic N) is 1. The van der Waals surface area contributed by atoms with E-state index < -0.39 is 0 Å². The number of amides is 1. The second kappa shape index (κ2) is 6.57. The molecule has 2 aliphatic heterocycles. The molecule has 1 unspecified atom stereocenters. The Labute approximate surface area is 109 Å². The fourth-order valence-corrected chi connectivity index (χ4v) is 2.65. The highest BCUT2D eigenvalue weighted by atomic mass is 35.5. The van der Waals surface area contributed by atoms with Crippen LogP contribution >= 0.6 is 12.4 Å². The first kappa shape index (κ1) is 14.7. The topological polar surface area (TPSA) is 41.6 Å². The first-order chi connectivity index (χ1) is 7.68. The summed E-state index contributed by atoms with van der Waals surface area (Å²) in [5, 5.41) is 3.38. The van der Waals surface area contributed by atoms with Crippen LogP contribution in [-0.4, -0.2) is 49.7 Å². The van der Waals surface area contributed by atoms with Crippen LogP contribution in [0.4, 0.5) is 0 Å². The van der Waals surface area contributed by atoms with Gasteiger partial charge in [-0.2, -0.15) is 0 Å². The van der Waals surface area contributed by atoms with E-state index in [-0.39, 0.29) is 18.3 Å². The van der Waals surface area contributed by atoms with E-state index in [0.717, 1.165) is 32.4 Å². The number of halogens is 1. The molecule has 100 valence electrons. The Kier molecular flexibility index (Phi) is 5.70. The molecule has 0 bridgehead atoms. The molecule has 0 aromatic rings. The Balaban J connectivity index is 0.00000144. The highest BCUT2D eigenvalue weighted by Crippen LogP contribution is 2.21. The van der Waals surface area contributed by atoms with Gasteiger partial charge < -0.3 is 15.0 Å². The van der Waals surface area contributed by atoms with Crippen LogP contribution in [0.15, 0.2) is 0 Å². The zero-order valence-electron chi connectivity index (χ0n) is 10.6. The molecule has 3 atom stereocenters. The van der Waals surface area contributed by atoms with E-state index in [2.05, 4.69) is 12.2 Å². The average Bonchev–Trinajstić information content (AvgIpc) is 2.80. The summed E-state index contributed by atoms with van der Waals surface area (Å²) in [6.07, 6.45) is 2.93. The summed E-state index contributed by atoms with van der Waals surface area (Å²) in [4.78, 5) is 14.2. The average molecular weight is 263 g/mol. The van der Waals surface area contributed by atoms with Crippen molar-refractivity contribution in [3.8, 4) is 0 Å². The lowest BCUT2D eigenvalue weighted by Crippen LogP contribution is -2.46. The quantitative estimate of drug-likeness (QED) is 0.809. The number of rotatable bonds is 2. The van der Waals surface area contributed by atoms with Gasteiger partial charge in [0.2, 0.25) is 5.91 Å². The number of nitrogens with one attached hydrogen (secondary N) is 1. The van der Waals surface area contributed by atoms with E-state index in [1.165, 1.54) is 0 Å². The van der Waals surface area contributed by atoms with Gasteiger partial charge in [-0.3, -0.25) is 4.79 Å². The molecule has 5 heteroatoms. The molecular weight excluding hydrogens is 240 g/mol. The summed E-state index contributed by atoms with van der Waals surface area (Å²) in [7, 11) is 1.92. The van der Waals surface area contributed by atoms with Crippen LogP contribution in [0, 0.1) is 5.92 Å². The van der Waals surface area contributed by atoms with Gasteiger partial charge in [0.15, 0.2) is 0 Å². The summed E-state index contributed by atoms with van der Waals surface area (Å²) < 4.78 is 5.33. The molecule has 0 saturated carbocycles. The number of piperidine rings is 1. The van der Waals surface area contributed by atoms with Crippen molar-refractivity contribution in [1.29, 1.82) is 0 Å². The minimum absolute atomic E-state index is 0. The van der Waals surface area contributed by atoms with Crippen molar-refractivity contribution in [2.24, 2.45) is 5.92 Å². The number of carbonyl (C=O) groups is 1. The maximum atomic E-state index is 12.3. The van der Waals surface area contributed by atoms with Crippen LogP contribution in [0.5, 0.6) is 0 Å². The summed E-state index contributed by atoms with van der Waals surface area (Å²) in [5.74, 6) is 0.519. The molecule has 0 aromatic heterocycles. The van der Waals surface area contributed by atoms with Crippen LogP contribution in [0.2, 0.25) is 0 Å². The maximum Gasteiger partial charge on any atom is 0.225 e. The Morgan fingerprint density at radius 2 is 2.18 bits per heavy atom. The largest absolute Gasteiger partial charge is 0.379 e. The fraction of sp³-hybridized carbons (Fsp3) is 0.917. The number of hydrogen-bond donors (Lipinski definition) is 1. The Bertz CT molecular complexity index is 253. The standard InChI is InChI=1S/C12H22N2O2.ClH/c1-9-7-10(3-5-13-9)12(15)14(2)11-4-6-16-8-11;/h9-11,13H,3-8H2,1-2H3;1H/t9-,10-,11?;/m0./s1. The third-order valence-electron chi connectivity index (χ3n) is 3.77. The second-order valence-electron chi connectivity index (χ2n) is 5.04. The Hall–Kier alpha value is -0.320. The maximum absolute atomic E-state index is 12.3. The molecular formula is C12H23ClN2O2. The number of hydrogen-bond acceptors (Lipinski definition) is 3. The lowest BCUT2D eigenvalue weighted by molar-refractivity contribution is -0.137. The molecule has 0 aliphatic carbocycles.